The summed E-state index contributed by atoms with van der Waals surface area (Å²) >= 11 is 0. The molecule has 0 radical (unpaired) electrons. The van der Waals surface area contributed by atoms with E-state index in [1.807, 2.05) is 37.3 Å². The monoisotopic (exact) mass is 191 g/mol. The first-order chi connectivity index (χ1) is 6.75. The smallest absolute Gasteiger partial charge is 0.407 e. The topological polar surface area (TPSA) is 38.3 Å². The SMILES string of the molecule is C[C@@H]1C[C@@H](c2ccccc2)OC(=O)N1. The van der Waals surface area contributed by atoms with Crippen LogP contribution < -0.4 is 5.32 Å². The van der Waals surface area contributed by atoms with E-state index < -0.39 is 0 Å². The number of carbonyl (C=O) groups excluding carboxylic acids is 1. The fraction of sp³-hybridized carbons (Fsp3) is 0.364. The maximum Gasteiger partial charge on any atom is 0.407 e. The molecule has 74 valence electrons. The number of nitrogens with one attached hydrogen (secondary N) is 1. The second-order valence-electron chi connectivity index (χ2n) is 3.59. The van der Waals surface area contributed by atoms with Crippen molar-refractivity contribution in [1.82, 2.24) is 5.32 Å². The highest BCUT2D eigenvalue weighted by molar-refractivity contribution is 5.68. The summed E-state index contributed by atoms with van der Waals surface area (Å²) in [7, 11) is 0. The Kier molecular flexibility index (Phi) is 2.39. The Labute approximate surface area is 83.1 Å². The van der Waals surface area contributed by atoms with Crippen molar-refractivity contribution in [3.8, 4) is 0 Å². The van der Waals surface area contributed by atoms with Gasteiger partial charge in [0.05, 0.1) is 0 Å². The van der Waals surface area contributed by atoms with Crippen LogP contribution in [0.3, 0.4) is 0 Å². The van der Waals surface area contributed by atoms with Crippen LogP contribution in [0, 0.1) is 0 Å². The maximum atomic E-state index is 11.1. The number of cyclic esters (lactones) is 1. The standard InChI is InChI=1S/C11H13NO2/c1-8-7-10(14-11(13)12-8)9-5-3-2-4-6-9/h2-6,8,10H,7H2,1H3,(H,12,13)/t8-,10+/m1/s1. The van der Waals surface area contributed by atoms with Gasteiger partial charge in [0.2, 0.25) is 0 Å². The number of hydrogen-bond acceptors (Lipinski definition) is 2. The lowest BCUT2D eigenvalue weighted by molar-refractivity contribution is 0.0611. The van der Waals surface area contributed by atoms with Gasteiger partial charge in [-0.15, -0.1) is 0 Å². The van der Waals surface area contributed by atoms with Gasteiger partial charge in [-0.05, 0) is 12.5 Å². The van der Waals surface area contributed by atoms with E-state index in [-0.39, 0.29) is 18.2 Å². The van der Waals surface area contributed by atoms with Gasteiger partial charge in [-0.3, -0.25) is 0 Å². The fourth-order valence-corrected chi connectivity index (χ4v) is 1.66. The van der Waals surface area contributed by atoms with Gasteiger partial charge in [0.25, 0.3) is 0 Å². The normalized spacial score (nSPS) is 26.5. The highest BCUT2D eigenvalue weighted by Crippen LogP contribution is 2.25. The molecule has 1 amide bonds. The molecule has 3 heteroatoms. The molecule has 14 heavy (non-hydrogen) atoms. The Hall–Kier alpha value is -1.51. The summed E-state index contributed by atoms with van der Waals surface area (Å²) in [6.45, 7) is 1.98. The first kappa shape index (κ1) is 9.06. The van der Waals surface area contributed by atoms with Crippen molar-refractivity contribution >= 4 is 6.09 Å². The predicted molar refractivity (Wildman–Crippen MR) is 52.9 cm³/mol. The van der Waals surface area contributed by atoms with Gasteiger partial charge in [-0.25, -0.2) is 4.79 Å². The zero-order chi connectivity index (χ0) is 9.97. The summed E-state index contributed by atoms with van der Waals surface area (Å²) in [5.41, 5.74) is 1.06. The average molecular weight is 191 g/mol. The molecule has 2 rings (SSSR count). The molecule has 1 aliphatic rings. The molecule has 2 atom stereocenters. The van der Waals surface area contributed by atoms with Crippen LogP contribution in [0.5, 0.6) is 0 Å². The van der Waals surface area contributed by atoms with Crippen molar-refractivity contribution in [3.05, 3.63) is 35.9 Å². The van der Waals surface area contributed by atoms with Crippen molar-refractivity contribution in [3.63, 3.8) is 0 Å². The van der Waals surface area contributed by atoms with Gasteiger partial charge in [-0.2, -0.15) is 0 Å². The molecule has 0 spiro atoms. The Morgan fingerprint density at radius 2 is 2.07 bits per heavy atom. The molecule has 1 N–H and O–H groups in total. The zero-order valence-electron chi connectivity index (χ0n) is 8.07. The first-order valence-electron chi connectivity index (χ1n) is 4.78. The lowest BCUT2D eigenvalue weighted by atomic mass is 10.0. The van der Waals surface area contributed by atoms with Crippen molar-refractivity contribution in [2.45, 2.75) is 25.5 Å². The molecule has 0 aliphatic carbocycles. The van der Waals surface area contributed by atoms with Crippen LogP contribution >= 0.6 is 0 Å². The molecular formula is C11H13NO2. The Morgan fingerprint density at radius 1 is 1.36 bits per heavy atom. The van der Waals surface area contributed by atoms with Gasteiger partial charge >= 0.3 is 6.09 Å². The zero-order valence-corrected chi connectivity index (χ0v) is 8.07. The molecule has 0 bridgehead atoms. The van der Waals surface area contributed by atoms with E-state index in [1.165, 1.54) is 0 Å². The van der Waals surface area contributed by atoms with Gasteiger partial charge < -0.3 is 10.1 Å². The van der Waals surface area contributed by atoms with Crippen molar-refractivity contribution in [2.24, 2.45) is 0 Å². The van der Waals surface area contributed by atoms with Gasteiger partial charge in [0.1, 0.15) is 6.10 Å². The first-order valence-corrected chi connectivity index (χ1v) is 4.78. The third-order valence-electron chi connectivity index (χ3n) is 2.35. The molecule has 1 aromatic rings. The third-order valence-corrected chi connectivity index (χ3v) is 2.35. The summed E-state index contributed by atoms with van der Waals surface area (Å²) in [6.07, 6.45) is 0.410. The molecule has 1 fully saturated rings. The minimum absolute atomic E-state index is 0.0973. The van der Waals surface area contributed by atoms with Crippen LogP contribution in [0.2, 0.25) is 0 Å². The van der Waals surface area contributed by atoms with Crippen LogP contribution in [-0.4, -0.2) is 12.1 Å². The van der Waals surface area contributed by atoms with Crippen LogP contribution in [0.1, 0.15) is 25.0 Å². The number of hydrogen-bond donors (Lipinski definition) is 1. The number of amides is 1. The summed E-state index contributed by atoms with van der Waals surface area (Å²) in [6, 6.07) is 10.0. The highest BCUT2D eigenvalue weighted by atomic mass is 16.6. The number of carbonyl (C=O) groups is 1. The average Bonchev–Trinajstić information content (AvgIpc) is 2.18. The van der Waals surface area contributed by atoms with Crippen LogP contribution in [0.15, 0.2) is 30.3 Å². The van der Waals surface area contributed by atoms with E-state index in [1.54, 1.807) is 0 Å². The predicted octanol–water partition coefficient (Wildman–Crippen LogP) is 2.25. The summed E-state index contributed by atoms with van der Waals surface area (Å²) in [5.74, 6) is 0. The second-order valence-corrected chi connectivity index (χ2v) is 3.59. The molecule has 0 aromatic heterocycles. The van der Waals surface area contributed by atoms with E-state index in [0.717, 1.165) is 12.0 Å². The van der Waals surface area contributed by atoms with Gasteiger partial charge in [-0.1, -0.05) is 30.3 Å². The third kappa shape index (κ3) is 1.87. The molecule has 0 unspecified atom stereocenters. The number of alkyl carbamates (subject to hydrolysis) is 1. The van der Waals surface area contributed by atoms with E-state index >= 15 is 0 Å². The summed E-state index contributed by atoms with van der Waals surface area (Å²) in [4.78, 5) is 11.1. The minimum atomic E-state index is -0.322. The molecule has 3 nitrogen and oxygen atoms in total. The van der Waals surface area contributed by atoms with E-state index in [0.29, 0.717) is 0 Å². The van der Waals surface area contributed by atoms with E-state index in [2.05, 4.69) is 5.32 Å². The van der Waals surface area contributed by atoms with Crippen LogP contribution in [0.25, 0.3) is 0 Å². The lowest BCUT2D eigenvalue weighted by Gasteiger charge is -2.28. The van der Waals surface area contributed by atoms with Crippen molar-refractivity contribution < 1.29 is 9.53 Å². The highest BCUT2D eigenvalue weighted by Gasteiger charge is 2.25. The van der Waals surface area contributed by atoms with Crippen LogP contribution in [-0.2, 0) is 4.74 Å². The quantitative estimate of drug-likeness (QED) is 0.739. The molecule has 1 aliphatic heterocycles. The van der Waals surface area contributed by atoms with E-state index in [9.17, 15) is 4.79 Å². The molecule has 1 aromatic carbocycles. The summed E-state index contributed by atoms with van der Waals surface area (Å²) < 4.78 is 5.19. The number of ether oxygens (including phenoxy) is 1. The molecule has 1 heterocycles. The van der Waals surface area contributed by atoms with Crippen LogP contribution in [0.4, 0.5) is 4.79 Å². The van der Waals surface area contributed by atoms with Gasteiger partial charge in [0, 0.05) is 12.5 Å². The molecule has 0 saturated carbocycles. The van der Waals surface area contributed by atoms with Gasteiger partial charge in [0.15, 0.2) is 0 Å². The Morgan fingerprint density at radius 3 is 2.71 bits per heavy atom. The second kappa shape index (κ2) is 3.70. The Bertz CT molecular complexity index is 323. The lowest BCUT2D eigenvalue weighted by Crippen LogP contribution is -2.40. The number of rotatable bonds is 1. The largest absolute Gasteiger partial charge is 0.441 e. The molecule has 1 saturated heterocycles. The summed E-state index contributed by atoms with van der Waals surface area (Å²) in [5, 5.41) is 2.72. The number of benzene rings is 1. The fourth-order valence-electron chi connectivity index (χ4n) is 1.66. The van der Waals surface area contributed by atoms with E-state index in [4.69, 9.17) is 4.74 Å². The maximum absolute atomic E-state index is 11.1. The van der Waals surface area contributed by atoms with Crippen molar-refractivity contribution in [2.75, 3.05) is 0 Å². The molecular weight excluding hydrogens is 178 g/mol. The minimum Gasteiger partial charge on any atom is -0.441 e. The Balaban J connectivity index is 2.15. The van der Waals surface area contributed by atoms with Crippen molar-refractivity contribution in [1.29, 1.82) is 0 Å².